The first kappa shape index (κ1) is 30.2. The molecular formula is C30H36ClN3O4S. The van der Waals surface area contributed by atoms with E-state index in [4.69, 9.17) is 11.6 Å². The smallest absolute Gasteiger partial charge is 0.264 e. The molecule has 0 bridgehead atoms. The van der Waals surface area contributed by atoms with Crippen molar-refractivity contribution >= 4 is 39.1 Å². The Bertz CT molecular complexity index is 1410. The van der Waals surface area contributed by atoms with Gasteiger partial charge in [0.15, 0.2) is 0 Å². The van der Waals surface area contributed by atoms with Gasteiger partial charge in [0.05, 0.1) is 15.6 Å². The molecule has 0 spiro atoms. The minimum absolute atomic E-state index is 0.0359. The summed E-state index contributed by atoms with van der Waals surface area (Å²) < 4.78 is 28.7. The lowest BCUT2D eigenvalue weighted by molar-refractivity contribution is -0.139. The van der Waals surface area contributed by atoms with Gasteiger partial charge in [0.1, 0.15) is 12.6 Å². The number of anilines is 1. The molecule has 0 aliphatic heterocycles. The number of halogens is 1. The number of carbonyl (C=O) groups is 2. The number of hydrogen-bond donors (Lipinski definition) is 1. The van der Waals surface area contributed by atoms with E-state index < -0.39 is 28.5 Å². The fourth-order valence-electron chi connectivity index (χ4n) is 4.05. The molecule has 1 N–H and O–H groups in total. The highest BCUT2D eigenvalue weighted by Gasteiger charge is 2.33. The number of hydrogen-bond acceptors (Lipinski definition) is 4. The summed E-state index contributed by atoms with van der Waals surface area (Å²) in [6.45, 7) is 9.49. The van der Waals surface area contributed by atoms with Crippen LogP contribution in [0.25, 0.3) is 0 Å². The van der Waals surface area contributed by atoms with Crippen molar-refractivity contribution in [3.8, 4) is 0 Å². The highest BCUT2D eigenvalue weighted by Crippen LogP contribution is 2.31. The van der Waals surface area contributed by atoms with Crippen LogP contribution in [0.3, 0.4) is 0 Å². The largest absolute Gasteiger partial charge is 0.354 e. The van der Waals surface area contributed by atoms with E-state index in [0.29, 0.717) is 6.54 Å². The number of amides is 2. The first-order chi connectivity index (χ1) is 18.4. The van der Waals surface area contributed by atoms with Crippen LogP contribution < -0.4 is 9.62 Å². The molecule has 0 saturated carbocycles. The lowest BCUT2D eigenvalue weighted by Crippen LogP contribution is -2.51. The van der Waals surface area contributed by atoms with Crippen LogP contribution >= 0.6 is 11.6 Å². The second-order valence-electron chi connectivity index (χ2n) is 10.1. The van der Waals surface area contributed by atoms with Gasteiger partial charge in [-0.15, -0.1) is 0 Å². The van der Waals surface area contributed by atoms with Crippen LogP contribution in [0.4, 0.5) is 5.69 Å². The monoisotopic (exact) mass is 569 g/mol. The molecule has 3 aromatic carbocycles. The Hall–Kier alpha value is -3.36. The van der Waals surface area contributed by atoms with Crippen molar-refractivity contribution in [1.82, 2.24) is 10.2 Å². The SMILES string of the molecule is Cc1ccc(S(=O)(=O)N(CC(=O)N(Cc2cccc(C)c2)[C@H](C)C(=O)NCC(C)C)c2ccccc2Cl)cc1. The molecule has 2 amide bonds. The van der Waals surface area contributed by atoms with Gasteiger partial charge in [-0.05, 0) is 56.5 Å². The molecule has 1 atom stereocenters. The van der Waals surface area contributed by atoms with Gasteiger partial charge >= 0.3 is 0 Å². The maximum atomic E-state index is 13.9. The maximum absolute atomic E-state index is 13.9. The average molecular weight is 570 g/mol. The molecule has 0 radical (unpaired) electrons. The van der Waals surface area contributed by atoms with Crippen LogP contribution in [0.15, 0.2) is 77.7 Å². The van der Waals surface area contributed by atoms with E-state index in [1.54, 1.807) is 43.3 Å². The predicted molar refractivity (Wildman–Crippen MR) is 156 cm³/mol. The first-order valence-electron chi connectivity index (χ1n) is 12.9. The summed E-state index contributed by atoms with van der Waals surface area (Å²) in [6, 6.07) is 19.7. The number of para-hydroxylation sites is 1. The highest BCUT2D eigenvalue weighted by atomic mass is 35.5. The minimum atomic E-state index is -4.17. The highest BCUT2D eigenvalue weighted by molar-refractivity contribution is 7.92. The quantitative estimate of drug-likeness (QED) is 0.338. The zero-order chi connectivity index (χ0) is 28.7. The summed E-state index contributed by atoms with van der Waals surface area (Å²) in [5.74, 6) is -0.605. The summed E-state index contributed by atoms with van der Waals surface area (Å²) in [6.07, 6.45) is 0. The Labute approximate surface area is 236 Å². The van der Waals surface area contributed by atoms with Crippen LogP contribution in [0, 0.1) is 19.8 Å². The van der Waals surface area contributed by atoms with Crippen LogP contribution in [0.2, 0.25) is 5.02 Å². The molecule has 0 saturated heterocycles. The van der Waals surface area contributed by atoms with Crippen molar-refractivity contribution in [2.24, 2.45) is 5.92 Å². The summed E-state index contributed by atoms with van der Waals surface area (Å²) in [5.41, 5.74) is 2.93. The Balaban J connectivity index is 2.02. The van der Waals surface area contributed by atoms with Gasteiger partial charge in [-0.3, -0.25) is 13.9 Å². The molecular weight excluding hydrogens is 534 g/mol. The molecule has 0 aromatic heterocycles. The average Bonchev–Trinajstić information content (AvgIpc) is 2.89. The number of nitrogens with one attached hydrogen (secondary N) is 1. The summed E-state index contributed by atoms with van der Waals surface area (Å²) in [7, 11) is -4.17. The molecule has 0 aliphatic rings. The lowest BCUT2D eigenvalue weighted by Gasteiger charge is -2.32. The van der Waals surface area contributed by atoms with Gasteiger partial charge in [-0.1, -0.05) is 85.1 Å². The van der Waals surface area contributed by atoms with E-state index in [1.807, 2.05) is 52.0 Å². The third kappa shape index (κ3) is 7.83. The number of aryl methyl sites for hydroxylation is 2. The van der Waals surface area contributed by atoms with Crippen molar-refractivity contribution < 1.29 is 18.0 Å². The Morgan fingerprint density at radius 1 is 0.897 bits per heavy atom. The molecule has 0 aliphatic carbocycles. The number of carbonyl (C=O) groups excluding carboxylic acids is 2. The Morgan fingerprint density at radius 2 is 1.56 bits per heavy atom. The molecule has 0 unspecified atom stereocenters. The van der Waals surface area contributed by atoms with Crippen LogP contribution in [-0.2, 0) is 26.2 Å². The molecule has 0 heterocycles. The van der Waals surface area contributed by atoms with Gasteiger partial charge in [0, 0.05) is 13.1 Å². The third-order valence-electron chi connectivity index (χ3n) is 6.30. The van der Waals surface area contributed by atoms with Gasteiger partial charge in [0.2, 0.25) is 11.8 Å². The molecule has 208 valence electrons. The summed E-state index contributed by atoms with van der Waals surface area (Å²) in [5, 5.41) is 3.07. The van der Waals surface area contributed by atoms with E-state index in [2.05, 4.69) is 5.32 Å². The van der Waals surface area contributed by atoms with E-state index in [-0.39, 0.29) is 34.0 Å². The zero-order valence-corrected chi connectivity index (χ0v) is 24.6. The van der Waals surface area contributed by atoms with Crippen molar-refractivity contribution in [2.75, 3.05) is 17.4 Å². The van der Waals surface area contributed by atoms with Crippen molar-refractivity contribution in [3.63, 3.8) is 0 Å². The van der Waals surface area contributed by atoms with E-state index in [0.717, 1.165) is 21.0 Å². The third-order valence-corrected chi connectivity index (χ3v) is 8.39. The van der Waals surface area contributed by atoms with Crippen LogP contribution in [0.1, 0.15) is 37.5 Å². The number of rotatable bonds is 11. The molecule has 9 heteroatoms. The van der Waals surface area contributed by atoms with Gasteiger partial charge in [0.25, 0.3) is 10.0 Å². The van der Waals surface area contributed by atoms with Crippen molar-refractivity contribution in [2.45, 2.75) is 52.1 Å². The van der Waals surface area contributed by atoms with Crippen molar-refractivity contribution in [1.29, 1.82) is 0 Å². The van der Waals surface area contributed by atoms with Gasteiger partial charge in [-0.2, -0.15) is 0 Å². The Morgan fingerprint density at radius 3 is 2.18 bits per heavy atom. The van der Waals surface area contributed by atoms with Gasteiger partial charge in [-0.25, -0.2) is 8.42 Å². The lowest BCUT2D eigenvalue weighted by atomic mass is 10.1. The second kappa shape index (κ2) is 13.1. The minimum Gasteiger partial charge on any atom is -0.354 e. The predicted octanol–water partition coefficient (Wildman–Crippen LogP) is 5.34. The normalized spacial score (nSPS) is 12.2. The molecule has 7 nitrogen and oxygen atoms in total. The maximum Gasteiger partial charge on any atom is 0.264 e. The number of nitrogens with zero attached hydrogens (tertiary/aromatic N) is 2. The standard InChI is InChI=1S/C30H36ClN3O4S/c1-21(2)18-32-30(36)24(5)33(19-25-10-8-9-23(4)17-25)29(35)20-34(28-12-7-6-11-27(28)31)39(37,38)26-15-13-22(3)14-16-26/h6-17,21,24H,18-20H2,1-5H3,(H,32,36)/t24-/m1/s1. The molecule has 3 rings (SSSR count). The Kier molecular flexibility index (Phi) is 10.2. The molecule has 39 heavy (non-hydrogen) atoms. The summed E-state index contributed by atoms with van der Waals surface area (Å²) in [4.78, 5) is 28.4. The van der Waals surface area contributed by atoms with Gasteiger partial charge < -0.3 is 10.2 Å². The van der Waals surface area contributed by atoms with E-state index in [9.17, 15) is 18.0 Å². The van der Waals surface area contributed by atoms with Crippen LogP contribution in [-0.4, -0.2) is 44.3 Å². The van der Waals surface area contributed by atoms with E-state index >= 15 is 0 Å². The fourth-order valence-corrected chi connectivity index (χ4v) is 5.77. The second-order valence-corrected chi connectivity index (χ2v) is 12.4. The number of benzene rings is 3. The van der Waals surface area contributed by atoms with E-state index in [1.165, 1.54) is 17.0 Å². The summed E-state index contributed by atoms with van der Waals surface area (Å²) >= 11 is 6.44. The topological polar surface area (TPSA) is 86.8 Å². The van der Waals surface area contributed by atoms with Crippen LogP contribution in [0.5, 0.6) is 0 Å². The van der Waals surface area contributed by atoms with Crippen molar-refractivity contribution in [3.05, 3.63) is 94.5 Å². The first-order valence-corrected chi connectivity index (χ1v) is 14.7. The number of sulfonamides is 1. The fraction of sp³-hybridized carbons (Fsp3) is 0.333. The zero-order valence-electron chi connectivity index (χ0n) is 23.0. The molecule has 0 fully saturated rings. The molecule has 3 aromatic rings.